The molecule has 4 rings (SSSR count). The van der Waals surface area contributed by atoms with Crippen molar-refractivity contribution in [3.63, 3.8) is 0 Å². The Morgan fingerprint density at radius 2 is 2.08 bits per heavy atom. The van der Waals surface area contributed by atoms with Gasteiger partial charge in [0.05, 0.1) is 12.6 Å². The van der Waals surface area contributed by atoms with Gasteiger partial charge in [-0.15, -0.1) is 0 Å². The molecule has 6 heteroatoms. The summed E-state index contributed by atoms with van der Waals surface area (Å²) in [4.78, 5) is 11.5. The minimum Gasteiger partial charge on any atom is -0.339 e. The van der Waals surface area contributed by atoms with E-state index in [9.17, 15) is 0 Å². The Balaban J connectivity index is 1.49. The Labute approximate surface area is 147 Å². The number of nitrogens with zero attached hydrogens (tertiary/aromatic N) is 5. The van der Waals surface area contributed by atoms with Gasteiger partial charge in [0.2, 0.25) is 5.89 Å². The van der Waals surface area contributed by atoms with Crippen molar-refractivity contribution in [2.24, 2.45) is 0 Å². The van der Waals surface area contributed by atoms with Crippen LogP contribution in [0.15, 0.2) is 47.2 Å². The minimum absolute atomic E-state index is 0.228. The molecule has 0 amide bonds. The average molecular weight is 337 g/mol. The van der Waals surface area contributed by atoms with Crippen molar-refractivity contribution in [1.82, 2.24) is 24.6 Å². The van der Waals surface area contributed by atoms with E-state index in [-0.39, 0.29) is 6.04 Å². The standard InChI is InChI=1S/C19H23N5O/c1-2-18-21-19(22-25-18)16-9-6-11-23(16)14-17-20-10-12-24(17)13-15-7-4-3-5-8-15/h3-5,7-8,10,12,16H,2,6,9,11,13-14H2,1H3/t16-/m0/s1. The van der Waals surface area contributed by atoms with Crippen molar-refractivity contribution in [2.75, 3.05) is 6.54 Å². The first-order valence-corrected chi connectivity index (χ1v) is 8.94. The number of likely N-dealkylation sites (tertiary alicyclic amines) is 1. The van der Waals surface area contributed by atoms with Crippen LogP contribution >= 0.6 is 0 Å². The average Bonchev–Trinajstić information content (AvgIpc) is 3.37. The van der Waals surface area contributed by atoms with Crippen molar-refractivity contribution in [2.45, 2.75) is 45.3 Å². The maximum Gasteiger partial charge on any atom is 0.226 e. The Kier molecular flexibility index (Phi) is 4.61. The van der Waals surface area contributed by atoms with Gasteiger partial charge < -0.3 is 9.09 Å². The lowest BCUT2D eigenvalue weighted by Gasteiger charge is -2.22. The maximum absolute atomic E-state index is 5.30. The number of benzene rings is 1. The number of aromatic nitrogens is 4. The summed E-state index contributed by atoms with van der Waals surface area (Å²) in [6.45, 7) is 4.72. The molecule has 1 saturated heterocycles. The summed E-state index contributed by atoms with van der Waals surface area (Å²) in [6, 6.07) is 10.7. The molecule has 6 nitrogen and oxygen atoms in total. The summed E-state index contributed by atoms with van der Waals surface area (Å²) in [5, 5.41) is 4.18. The van der Waals surface area contributed by atoms with E-state index >= 15 is 0 Å². The predicted molar refractivity (Wildman–Crippen MR) is 93.8 cm³/mol. The van der Waals surface area contributed by atoms with Crippen LogP contribution < -0.4 is 0 Å². The second-order valence-corrected chi connectivity index (χ2v) is 6.49. The van der Waals surface area contributed by atoms with E-state index in [2.05, 4.69) is 55.1 Å². The van der Waals surface area contributed by atoms with E-state index < -0.39 is 0 Å². The van der Waals surface area contributed by atoms with Gasteiger partial charge >= 0.3 is 0 Å². The second kappa shape index (κ2) is 7.19. The molecule has 0 unspecified atom stereocenters. The molecule has 130 valence electrons. The molecule has 0 spiro atoms. The Bertz CT molecular complexity index is 810. The zero-order valence-corrected chi connectivity index (χ0v) is 14.5. The van der Waals surface area contributed by atoms with Crippen LogP contribution in [-0.4, -0.2) is 31.1 Å². The van der Waals surface area contributed by atoms with Crippen LogP contribution in [0.3, 0.4) is 0 Å². The van der Waals surface area contributed by atoms with Crippen LogP contribution in [0.1, 0.15) is 48.9 Å². The van der Waals surface area contributed by atoms with Gasteiger partial charge in [-0.05, 0) is 24.9 Å². The van der Waals surface area contributed by atoms with Crippen molar-refractivity contribution >= 4 is 0 Å². The topological polar surface area (TPSA) is 60.0 Å². The lowest BCUT2D eigenvalue weighted by Crippen LogP contribution is -2.25. The summed E-state index contributed by atoms with van der Waals surface area (Å²) < 4.78 is 7.52. The molecule has 1 aliphatic rings. The summed E-state index contributed by atoms with van der Waals surface area (Å²) in [5.41, 5.74) is 1.28. The smallest absolute Gasteiger partial charge is 0.226 e. The summed E-state index contributed by atoms with van der Waals surface area (Å²) in [6.07, 6.45) is 6.94. The first kappa shape index (κ1) is 16.0. The number of hydrogen-bond donors (Lipinski definition) is 0. The quantitative estimate of drug-likeness (QED) is 0.691. The largest absolute Gasteiger partial charge is 0.339 e. The molecule has 3 heterocycles. The lowest BCUT2D eigenvalue weighted by molar-refractivity contribution is 0.226. The van der Waals surface area contributed by atoms with Gasteiger partial charge in [0, 0.05) is 25.4 Å². The fourth-order valence-electron chi connectivity index (χ4n) is 3.45. The van der Waals surface area contributed by atoms with Crippen LogP contribution in [0.25, 0.3) is 0 Å². The number of imidazole rings is 1. The number of rotatable bonds is 6. The normalized spacial score (nSPS) is 18.0. The molecule has 0 saturated carbocycles. The number of hydrogen-bond acceptors (Lipinski definition) is 5. The summed E-state index contributed by atoms with van der Waals surface area (Å²) in [5.74, 6) is 2.61. The molecule has 1 fully saturated rings. The molecule has 0 N–H and O–H groups in total. The van der Waals surface area contributed by atoms with Crippen LogP contribution in [0, 0.1) is 0 Å². The zero-order chi connectivity index (χ0) is 17.1. The molecular weight excluding hydrogens is 314 g/mol. The van der Waals surface area contributed by atoms with Gasteiger partial charge in [-0.3, -0.25) is 4.90 Å². The molecule has 25 heavy (non-hydrogen) atoms. The molecule has 1 aliphatic heterocycles. The maximum atomic E-state index is 5.30. The highest BCUT2D eigenvalue weighted by molar-refractivity contribution is 5.16. The van der Waals surface area contributed by atoms with E-state index in [1.807, 2.05) is 19.2 Å². The van der Waals surface area contributed by atoms with Crippen molar-refractivity contribution in [1.29, 1.82) is 0 Å². The van der Waals surface area contributed by atoms with Crippen LogP contribution in [0.5, 0.6) is 0 Å². The Morgan fingerprint density at radius 1 is 1.20 bits per heavy atom. The predicted octanol–water partition coefficient (Wildman–Crippen LogP) is 3.21. The van der Waals surface area contributed by atoms with Crippen LogP contribution in [0.4, 0.5) is 0 Å². The highest BCUT2D eigenvalue weighted by atomic mass is 16.5. The van der Waals surface area contributed by atoms with E-state index in [4.69, 9.17) is 4.52 Å². The SMILES string of the molecule is CCc1nc([C@@H]2CCCN2Cc2nccn2Cc2ccccc2)no1. The first-order chi connectivity index (χ1) is 12.3. The molecule has 1 atom stereocenters. The second-order valence-electron chi connectivity index (χ2n) is 6.49. The molecule has 0 aliphatic carbocycles. The van der Waals surface area contributed by atoms with Crippen molar-refractivity contribution in [3.8, 4) is 0 Å². The first-order valence-electron chi connectivity index (χ1n) is 8.94. The Morgan fingerprint density at radius 3 is 2.88 bits per heavy atom. The number of aryl methyl sites for hydroxylation is 1. The molecule has 3 aromatic rings. The van der Waals surface area contributed by atoms with Crippen LogP contribution in [-0.2, 0) is 19.5 Å². The van der Waals surface area contributed by atoms with Gasteiger partial charge in [-0.2, -0.15) is 4.98 Å². The summed E-state index contributed by atoms with van der Waals surface area (Å²) >= 11 is 0. The molecule has 0 bridgehead atoms. The fraction of sp³-hybridized carbons (Fsp3) is 0.421. The van der Waals surface area contributed by atoms with Gasteiger partial charge in [0.25, 0.3) is 0 Å². The fourth-order valence-corrected chi connectivity index (χ4v) is 3.45. The summed E-state index contributed by atoms with van der Waals surface area (Å²) in [7, 11) is 0. The van der Waals surface area contributed by atoms with Crippen molar-refractivity contribution < 1.29 is 4.52 Å². The van der Waals surface area contributed by atoms with Crippen molar-refractivity contribution in [3.05, 3.63) is 65.8 Å². The highest BCUT2D eigenvalue weighted by Crippen LogP contribution is 2.31. The van der Waals surface area contributed by atoms with Gasteiger partial charge in [0.1, 0.15) is 5.82 Å². The van der Waals surface area contributed by atoms with E-state index in [0.717, 1.165) is 50.5 Å². The van der Waals surface area contributed by atoms with Gasteiger partial charge in [-0.1, -0.05) is 42.4 Å². The molecular formula is C19H23N5O. The monoisotopic (exact) mass is 337 g/mol. The Hall–Kier alpha value is -2.47. The lowest BCUT2D eigenvalue weighted by atomic mass is 10.2. The molecule has 0 radical (unpaired) electrons. The molecule has 1 aromatic carbocycles. The van der Waals surface area contributed by atoms with Gasteiger partial charge in [0.15, 0.2) is 5.82 Å². The third-order valence-electron chi connectivity index (χ3n) is 4.79. The van der Waals surface area contributed by atoms with E-state index in [0.29, 0.717) is 5.89 Å². The highest BCUT2D eigenvalue weighted by Gasteiger charge is 2.30. The third kappa shape index (κ3) is 3.49. The van der Waals surface area contributed by atoms with Crippen LogP contribution in [0.2, 0.25) is 0 Å². The van der Waals surface area contributed by atoms with E-state index in [1.165, 1.54) is 5.56 Å². The zero-order valence-electron chi connectivity index (χ0n) is 14.5. The van der Waals surface area contributed by atoms with Gasteiger partial charge in [-0.25, -0.2) is 4.98 Å². The minimum atomic E-state index is 0.228. The third-order valence-corrected chi connectivity index (χ3v) is 4.79. The molecule has 2 aromatic heterocycles. The van der Waals surface area contributed by atoms with E-state index in [1.54, 1.807) is 0 Å².